The molecule has 0 saturated heterocycles. The van der Waals surface area contributed by atoms with E-state index < -0.39 is 12.2 Å². The molecule has 7 heteroatoms. The predicted molar refractivity (Wildman–Crippen MR) is 63.0 cm³/mol. The second kappa shape index (κ2) is 6.05. The van der Waals surface area contributed by atoms with Gasteiger partial charge in [-0.2, -0.15) is 0 Å². The Bertz CT molecular complexity index is 431. The number of rotatable bonds is 5. The number of aliphatic hydroxyl groups is 2. The fourth-order valence-corrected chi connectivity index (χ4v) is 1.47. The first kappa shape index (κ1) is 13.2. The summed E-state index contributed by atoms with van der Waals surface area (Å²) < 4.78 is 0. The highest BCUT2D eigenvalue weighted by atomic mass is 16.3. The molecule has 1 heterocycles. The van der Waals surface area contributed by atoms with Gasteiger partial charge in [0.1, 0.15) is 6.10 Å². The number of hydrogen-bond donors (Lipinski definition) is 3. The Labute approximate surface area is 98.5 Å². The SMILES string of the molecule is Cc1ncc(N)cc1C(O)C(O)CCN=[N+]=[N-]. The van der Waals surface area contributed by atoms with Crippen LogP contribution in [-0.2, 0) is 0 Å². The highest BCUT2D eigenvalue weighted by Crippen LogP contribution is 2.23. The molecule has 0 aromatic carbocycles. The molecule has 92 valence electrons. The van der Waals surface area contributed by atoms with Crippen LogP contribution in [0.1, 0.15) is 23.8 Å². The summed E-state index contributed by atoms with van der Waals surface area (Å²) in [6, 6.07) is 1.57. The molecule has 17 heavy (non-hydrogen) atoms. The molecule has 0 radical (unpaired) electrons. The number of aromatic nitrogens is 1. The number of azide groups is 1. The second-order valence-corrected chi connectivity index (χ2v) is 3.70. The van der Waals surface area contributed by atoms with E-state index in [0.717, 1.165) is 0 Å². The van der Waals surface area contributed by atoms with E-state index in [-0.39, 0.29) is 13.0 Å². The van der Waals surface area contributed by atoms with Crippen LogP contribution in [0.15, 0.2) is 17.4 Å². The van der Waals surface area contributed by atoms with Gasteiger partial charge in [-0.3, -0.25) is 4.98 Å². The molecule has 4 N–H and O–H groups in total. The van der Waals surface area contributed by atoms with Gasteiger partial charge in [0, 0.05) is 22.7 Å². The second-order valence-electron chi connectivity index (χ2n) is 3.70. The zero-order valence-electron chi connectivity index (χ0n) is 9.48. The smallest absolute Gasteiger partial charge is 0.107 e. The van der Waals surface area contributed by atoms with Crippen LogP contribution in [-0.4, -0.2) is 27.8 Å². The summed E-state index contributed by atoms with van der Waals surface area (Å²) in [5, 5.41) is 22.9. The van der Waals surface area contributed by atoms with Gasteiger partial charge in [-0.1, -0.05) is 5.11 Å². The van der Waals surface area contributed by atoms with Crippen molar-refractivity contribution in [1.29, 1.82) is 0 Å². The van der Waals surface area contributed by atoms with Gasteiger partial charge in [-0.25, -0.2) is 0 Å². The Balaban J connectivity index is 2.76. The Morgan fingerprint density at radius 2 is 2.29 bits per heavy atom. The number of aliphatic hydroxyl groups excluding tert-OH is 2. The fraction of sp³-hybridized carbons (Fsp3) is 0.500. The number of pyridine rings is 1. The van der Waals surface area contributed by atoms with Gasteiger partial charge in [0.05, 0.1) is 18.0 Å². The highest BCUT2D eigenvalue weighted by Gasteiger charge is 2.20. The van der Waals surface area contributed by atoms with Crippen molar-refractivity contribution >= 4 is 5.69 Å². The number of hydrogen-bond acceptors (Lipinski definition) is 5. The standard InChI is InChI=1S/C10H15N5O2/c1-6-8(4-7(11)5-13-6)10(17)9(16)2-3-14-15-12/h4-5,9-10,16-17H,2-3,11H2,1H3. The average Bonchev–Trinajstić information content (AvgIpc) is 2.31. The van der Waals surface area contributed by atoms with Crippen LogP contribution in [0.25, 0.3) is 10.4 Å². The van der Waals surface area contributed by atoms with Gasteiger partial charge in [-0.05, 0) is 24.9 Å². The molecule has 0 aliphatic rings. The van der Waals surface area contributed by atoms with Crippen LogP contribution < -0.4 is 5.73 Å². The quantitative estimate of drug-likeness (QED) is 0.402. The molecule has 0 saturated carbocycles. The van der Waals surface area contributed by atoms with E-state index in [2.05, 4.69) is 15.0 Å². The summed E-state index contributed by atoms with van der Waals surface area (Å²) in [6.45, 7) is 1.85. The highest BCUT2D eigenvalue weighted by molar-refractivity contribution is 5.40. The van der Waals surface area contributed by atoms with Gasteiger partial charge in [0.25, 0.3) is 0 Å². The average molecular weight is 237 g/mol. The Morgan fingerprint density at radius 1 is 1.59 bits per heavy atom. The third kappa shape index (κ3) is 3.60. The number of anilines is 1. The number of nitrogens with two attached hydrogens (primary N) is 1. The van der Waals surface area contributed by atoms with Crippen molar-refractivity contribution in [3.05, 3.63) is 34.0 Å². The third-order valence-electron chi connectivity index (χ3n) is 2.42. The monoisotopic (exact) mass is 237 g/mol. The summed E-state index contributed by atoms with van der Waals surface area (Å²) in [6.07, 6.45) is -0.431. The molecule has 1 aromatic rings. The lowest BCUT2D eigenvalue weighted by molar-refractivity contribution is 0.0145. The molecule has 7 nitrogen and oxygen atoms in total. The number of nitrogens with zero attached hydrogens (tertiary/aromatic N) is 4. The minimum Gasteiger partial charge on any atom is -0.397 e. The van der Waals surface area contributed by atoms with Crippen LogP contribution in [0.2, 0.25) is 0 Å². The van der Waals surface area contributed by atoms with E-state index in [9.17, 15) is 10.2 Å². The van der Waals surface area contributed by atoms with Gasteiger partial charge >= 0.3 is 0 Å². The largest absolute Gasteiger partial charge is 0.397 e. The zero-order valence-corrected chi connectivity index (χ0v) is 9.48. The normalized spacial score (nSPS) is 13.8. The van der Waals surface area contributed by atoms with Crippen molar-refractivity contribution in [2.45, 2.75) is 25.6 Å². The minimum atomic E-state index is -1.08. The lowest BCUT2D eigenvalue weighted by Crippen LogP contribution is -2.20. The fourth-order valence-electron chi connectivity index (χ4n) is 1.47. The molecule has 0 amide bonds. The van der Waals surface area contributed by atoms with E-state index in [1.165, 1.54) is 6.20 Å². The minimum absolute atomic E-state index is 0.128. The van der Waals surface area contributed by atoms with Crippen LogP contribution in [0.5, 0.6) is 0 Å². The first-order chi connectivity index (χ1) is 8.06. The molecular weight excluding hydrogens is 222 g/mol. The van der Waals surface area contributed by atoms with Crippen LogP contribution >= 0.6 is 0 Å². The van der Waals surface area contributed by atoms with Crippen LogP contribution in [0.3, 0.4) is 0 Å². The first-order valence-corrected chi connectivity index (χ1v) is 5.15. The lowest BCUT2D eigenvalue weighted by Gasteiger charge is -2.19. The van der Waals surface area contributed by atoms with E-state index >= 15 is 0 Å². The maximum absolute atomic E-state index is 9.91. The Morgan fingerprint density at radius 3 is 2.94 bits per heavy atom. The van der Waals surface area contributed by atoms with Gasteiger partial charge in [-0.15, -0.1) is 0 Å². The molecule has 1 rings (SSSR count). The van der Waals surface area contributed by atoms with Gasteiger partial charge in [0.2, 0.25) is 0 Å². The molecular formula is C10H15N5O2. The van der Waals surface area contributed by atoms with E-state index in [1.54, 1.807) is 13.0 Å². The number of nitrogen functional groups attached to an aromatic ring is 1. The Kier molecular flexibility index (Phi) is 4.71. The summed E-state index contributed by atoms with van der Waals surface area (Å²) in [5.41, 5.74) is 15.2. The van der Waals surface area contributed by atoms with E-state index in [0.29, 0.717) is 16.9 Å². The van der Waals surface area contributed by atoms with Crippen molar-refractivity contribution in [3.63, 3.8) is 0 Å². The molecule has 0 aliphatic heterocycles. The molecule has 1 aromatic heterocycles. The van der Waals surface area contributed by atoms with E-state index in [1.807, 2.05) is 0 Å². The van der Waals surface area contributed by atoms with Crippen LogP contribution in [0.4, 0.5) is 5.69 Å². The maximum atomic E-state index is 9.91. The molecule has 0 spiro atoms. The molecule has 2 unspecified atom stereocenters. The van der Waals surface area contributed by atoms with Crippen molar-refractivity contribution < 1.29 is 10.2 Å². The summed E-state index contributed by atoms with van der Waals surface area (Å²) in [7, 11) is 0. The van der Waals surface area contributed by atoms with E-state index in [4.69, 9.17) is 11.3 Å². The summed E-state index contributed by atoms with van der Waals surface area (Å²) in [4.78, 5) is 6.57. The summed E-state index contributed by atoms with van der Waals surface area (Å²) in [5.74, 6) is 0. The van der Waals surface area contributed by atoms with Crippen molar-refractivity contribution in [2.24, 2.45) is 5.11 Å². The maximum Gasteiger partial charge on any atom is 0.107 e. The third-order valence-corrected chi connectivity index (χ3v) is 2.42. The predicted octanol–water partition coefficient (Wildman–Crippen LogP) is 1.07. The molecule has 0 fully saturated rings. The number of aryl methyl sites for hydroxylation is 1. The van der Waals surface area contributed by atoms with Crippen molar-refractivity contribution in [2.75, 3.05) is 12.3 Å². The molecule has 2 atom stereocenters. The summed E-state index contributed by atoms with van der Waals surface area (Å²) >= 11 is 0. The Hall–Kier alpha value is -1.82. The molecule has 0 bridgehead atoms. The van der Waals surface area contributed by atoms with Crippen LogP contribution in [0, 0.1) is 6.92 Å². The topological polar surface area (TPSA) is 128 Å². The zero-order chi connectivity index (χ0) is 12.8. The first-order valence-electron chi connectivity index (χ1n) is 5.15. The van der Waals surface area contributed by atoms with Gasteiger partial charge < -0.3 is 15.9 Å². The lowest BCUT2D eigenvalue weighted by atomic mass is 10.0. The van der Waals surface area contributed by atoms with Crippen molar-refractivity contribution in [1.82, 2.24) is 4.98 Å². The van der Waals surface area contributed by atoms with Crippen molar-refractivity contribution in [3.8, 4) is 0 Å². The molecule has 0 aliphatic carbocycles. The van der Waals surface area contributed by atoms with Gasteiger partial charge in [0.15, 0.2) is 0 Å².